The smallest absolute Gasteiger partial charge is 0.305 e. The van der Waals surface area contributed by atoms with E-state index in [0.717, 1.165) is 70.6 Å². The Morgan fingerprint density at radius 1 is 0.500 bits per heavy atom. The molecule has 0 radical (unpaired) electrons. The van der Waals surface area contributed by atoms with Crippen molar-refractivity contribution in [2.45, 2.75) is 333 Å². The fourth-order valence-corrected chi connectivity index (χ4v) is 9.76. The molecule has 0 aromatic carbocycles. The van der Waals surface area contributed by atoms with E-state index in [9.17, 15) is 35.1 Å². The Labute approximate surface area is 453 Å². The minimum Gasteiger partial charge on any atom is -0.466 e. The lowest BCUT2D eigenvalue weighted by Crippen LogP contribution is -2.60. The SMILES string of the molecule is CCCCC/C=C\C/C=C\CCCCCCCCCC(=O)OCCCCCCCCCCCCCCCCCCCCCCC(=O)NC(COC1OC(CO)C(O)C(O)C1O)C(O)/C=C/CCCCCCCCC. The average Bonchev–Trinajstić information content (AvgIpc) is 3.40. The van der Waals surface area contributed by atoms with Crippen molar-refractivity contribution in [3.05, 3.63) is 36.5 Å². The van der Waals surface area contributed by atoms with Crippen molar-refractivity contribution < 1.29 is 49.3 Å². The number of amides is 1. The van der Waals surface area contributed by atoms with Crippen molar-refractivity contribution in [3.63, 3.8) is 0 Å². The number of ether oxygens (including phenoxy) is 3. The maximum Gasteiger partial charge on any atom is 0.305 e. The van der Waals surface area contributed by atoms with Crippen LogP contribution >= 0.6 is 0 Å². The van der Waals surface area contributed by atoms with Gasteiger partial charge < -0.3 is 45.1 Å². The van der Waals surface area contributed by atoms with Gasteiger partial charge in [-0.25, -0.2) is 0 Å². The fourth-order valence-electron chi connectivity index (χ4n) is 9.76. The number of hydrogen-bond donors (Lipinski definition) is 6. The Balaban J connectivity index is 1.98. The van der Waals surface area contributed by atoms with Crippen LogP contribution in [0.25, 0.3) is 0 Å². The van der Waals surface area contributed by atoms with Crippen LogP contribution in [0.2, 0.25) is 0 Å². The molecule has 1 fully saturated rings. The Morgan fingerprint density at radius 3 is 1.39 bits per heavy atom. The summed E-state index contributed by atoms with van der Waals surface area (Å²) in [4.78, 5) is 25.1. The Morgan fingerprint density at radius 2 is 0.905 bits per heavy atom. The van der Waals surface area contributed by atoms with E-state index in [4.69, 9.17) is 14.2 Å². The van der Waals surface area contributed by atoms with E-state index in [1.165, 1.54) is 193 Å². The normalized spacial score (nSPS) is 19.0. The van der Waals surface area contributed by atoms with Crippen molar-refractivity contribution in [2.75, 3.05) is 19.8 Å². The zero-order valence-electron chi connectivity index (χ0n) is 47.8. The molecule has 0 aromatic rings. The number of carbonyl (C=O) groups is 2. The molecule has 1 aliphatic heterocycles. The first kappa shape index (κ1) is 69.9. The number of esters is 1. The second-order valence-electron chi connectivity index (χ2n) is 21.8. The van der Waals surface area contributed by atoms with Crippen LogP contribution in [0.15, 0.2) is 36.5 Å². The summed E-state index contributed by atoms with van der Waals surface area (Å²) in [6.07, 6.45) is 55.4. The quantitative estimate of drug-likeness (QED) is 0.0195. The topological polar surface area (TPSA) is 175 Å². The zero-order chi connectivity index (χ0) is 53.8. The van der Waals surface area contributed by atoms with Gasteiger partial charge in [0.15, 0.2) is 6.29 Å². The molecule has 0 spiro atoms. The molecule has 1 aliphatic rings. The summed E-state index contributed by atoms with van der Waals surface area (Å²) in [5.41, 5.74) is 0. The zero-order valence-corrected chi connectivity index (χ0v) is 47.8. The van der Waals surface area contributed by atoms with Gasteiger partial charge >= 0.3 is 5.97 Å². The third kappa shape index (κ3) is 42.0. The van der Waals surface area contributed by atoms with Gasteiger partial charge in [-0.3, -0.25) is 9.59 Å². The number of aliphatic hydroxyl groups excluding tert-OH is 5. The minimum atomic E-state index is -1.57. The maximum atomic E-state index is 13.0. The van der Waals surface area contributed by atoms with Gasteiger partial charge in [-0.15, -0.1) is 0 Å². The molecule has 1 rings (SSSR count). The third-order valence-electron chi connectivity index (χ3n) is 14.7. The molecule has 0 bridgehead atoms. The molecule has 11 nitrogen and oxygen atoms in total. The highest BCUT2D eigenvalue weighted by atomic mass is 16.7. The summed E-state index contributed by atoms with van der Waals surface area (Å²) in [5.74, 6) is -0.197. The molecule has 1 amide bonds. The predicted octanol–water partition coefficient (Wildman–Crippen LogP) is 14.7. The summed E-state index contributed by atoms with van der Waals surface area (Å²) in [5, 5.41) is 54.2. The highest BCUT2D eigenvalue weighted by Crippen LogP contribution is 2.23. The van der Waals surface area contributed by atoms with Gasteiger partial charge in [0.2, 0.25) is 5.91 Å². The van der Waals surface area contributed by atoms with Crippen molar-refractivity contribution in [2.24, 2.45) is 0 Å². The Hall–Kier alpha value is -2.12. The van der Waals surface area contributed by atoms with E-state index in [0.29, 0.717) is 19.4 Å². The van der Waals surface area contributed by atoms with E-state index in [2.05, 4.69) is 43.5 Å². The molecule has 74 heavy (non-hydrogen) atoms. The van der Waals surface area contributed by atoms with E-state index in [1.54, 1.807) is 6.08 Å². The molecule has 6 N–H and O–H groups in total. The van der Waals surface area contributed by atoms with Crippen LogP contribution < -0.4 is 5.32 Å². The standard InChI is InChI=1S/C63H117NO10/c1-3-5-7-9-11-13-14-15-16-21-25-28-31-35-39-43-47-51-59(68)72-52-48-44-40-36-32-29-26-23-20-18-17-19-22-24-27-30-34-38-42-46-50-58(67)64-55(56(66)49-45-41-37-33-12-10-8-6-4-2)54-73-63-62(71)61(70)60(69)57(53-65)74-63/h11,13,15-16,45,49,55-57,60-63,65-66,69-71H,3-10,12,14,17-44,46-48,50-54H2,1-2H3,(H,64,67)/b13-11-,16-15-,49-45+. The number of aliphatic hydroxyl groups is 5. The second kappa shape index (κ2) is 52.9. The molecule has 0 aliphatic carbocycles. The van der Waals surface area contributed by atoms with Crippen molar-refractivity contribution in [1.29, 1.82) is 0 Å². The summed E-state index contributed by atoms with van der Waals surface area (Å²) in [6, 6.07) is -0.810. The first-order valence-electron chi connectivity index (χ1n) is 31.3. The van der Waals surface area contributed by atoms with Crippen LogP contribution in [0.5, 0.6) is 0 Å². The van der Waals surface area contributed by atoms with Gasteiger partial charge in [0.05, 0.1) is 32.0 Å². The molecule has 1 heterocycles. The second-order valence-corrected chi connectivity index (χ2v) is 21.8. The molecule has 0 aromatic heterocycles. The van der Waals surface area contributed by atoms with Crippen molar-refractivity contribution in [1.82, 2.24) is 5.32 Å². The molecular weight excluding hydrogens is 931 g/mol. The molecular formula is C63H117NO10. The number of rotatable bonds is 54. The lowest BCUT2D eigenvalue weighted by Gasteiger charge is -2.40. The van der Waals surface area contributed by atoms with Gasteiger partial charge in [-0.05, 0) is 64.2 Å². The molecule has 11 heteroatoms. The summed E-state index contributed by atoms with van der Waals surface area (Å²) in [7, 11) is 0. The summed E-state index contributed by atoms with van der Waals surface area (Å²) in [6.45, 7) is 4.29. The van der Waals surface area contributed by atoms with Crippen molar-refractivity contribution in [3.8, 4) is 0 Å². The Bertz CT molecular complexity index is 1320. The Kier molecular flexibility index (Phi) is 50.0. The summed E-state index contributed by atoms with van der Waals surface area (Å²) < 4.78 is 16.7. The van der Waals surface area contributed by atoms with E-state index >= 15 is 0 Å². The maximum absolute atomic E-state index is 13.0. The van der Waals surface area contributed by atoms with Gasteiger partial charge in [-0.2, -0.15) is 0 Å². The van der Waals surface area contributed by atoms with Crippen LogP contribution in [0.4, 0.5) is 0 Å². The van der Waals surface area contributed by atoms with Crippen LogP contribution in [-0.4, -0.2) is 100 Å². The predicted molar refractivity (Wildman–Crippen MR) is 306 cm³/mol. The van der Waals surface area contributed by atoms with Crippen molar-refractivity contribution >= 4 is 11.9 Å². The molecule has 1 saturated heterocycles. The molecule has 0 saturated carbocycles. The first-order chi connectivity index (χ1) is 36.2. The largest absolute Gasteiger partial charge is 0.466 e. The first-order valence-corrected chi connectivity index (χ1v) is 31.3. The summed E-state index contributed by atoms with van der Waals surface area (Å²) >= 11 is 0. The van der Waals surface area contributed by atoms with Gasteiger partial charge in [0.25, 0.3) is 0 Å². The monoisotopic (exact) mass is 1050 g/mol. The molecule has 434 valence electrons. The minimum absolute atomic E-state index is 0.0112. The van der Waals surface area contributed by atoms with Crippen LogP contribution in [0.1, 0.15) is 290 Å². The van der Waals surface area contributed by atoms with Crippen LogP contribution in [0.3, 0.4) is 0 Å². The van der Waals surface area contributed by atoms with E-state index in [-0.39, 0.29) is 18.5 Å². The van der Waals surface area contributed by atoms with Gasteiger partial charge in [0, 0.05) is 12.8 Å². The number of carbonyl (C=O) groups excluding carboxylic acids is 2. The fraction of sp³-hybridized carbons (Fsp3) is 0.873. The third-order valence-corrected chi connectivity index (χ3v) is 14.7. The molecule has 7 unspecified atom stereocenters. The number of hydrogen-bond acceptors (Lipinski definition) is 10. The van der Waals surface area contributed by atoms with E-state index in [1.807, 2.05) is 6.08 Å². The van der Waals surface area contributed by atoms with Crippen LogP contribution in [-0.2, 0) is 23.8 Å². The highest BCUT2D eigenvalue weighted by molar-refractivity contribution is 5.76. The molecule has 7 atom stereocenters. The highest BCUT2D eigenvalue weighted by Gasteiger charge is 2.44. The van der Waals surface area contributed by atoms with Gasteiger partial charge in [-0.1, -0.05) is 249 Å². The number of allylic oxidation sites excluding steroid dienone is 5. The lowest BCUT2D eigenvalue weighted by atomic mass is 9.99. The average molecular weight is 1050 g/mol. The number of nitrogens with one attached hydrogen (secondary N) is 1. The van der Waals surface area contributed by atoms with Crippen LogP contribution in [0, 0.1) is 0 Å². The van der Waals surface area contributed by atoms with E-state index < -0.39 is 49.5 Å². The number of unbranched alkanes of at least 4 members (excludes halogenated alkanes) is 36. The lowest BCUT2D eigenvalue weighted by molar-refractivity contribution is -0.302. The van der Waals surface area contributed by atoms with Gasteiger partial charge in [0.1, 0.15) is 24.4 Å².